The second-order valence-electron chi connectivity index (χ2n) is 5.36. The average Bonchev–Trinajstić information content (AvgIpc) is 2.44. The van der Waals surface area contributed by atoms with Gasteiger partial charge in [0, 0.05) is 0 Å². The monoisotopic (exact) mass is 303 g/mol. The number of halogens is 2. The Balaban J connectivity index is 1.89. The molecule has 0 aliphatic heterocycles. The summed E-state index contributed by atoms with van der Waals surface area (Å²) in [6, 6.07) is 14.3. The van der Waals surface area contributed by atoms with Crippen LogP contribution in [-0.2, 0) is 10.2 Å². The molecule has 1 aliphatic carbocycles. The van der Waals surface area contributed by atoms with Gasteiger partial charge in [-0.2, -0.15) is 0 Å². The zero-order valence-corrected chi connectivity index (χ0v) is 12.2. The lowest BCUT2D eigenvalue weighted by Crippen LogP contribution is -2.46. The summed E-state index contributed by atoms with van der Waals surface area (Å²) in [4.78, 5) is 12.7. The van der Waals surface area contributed by atoms with Gasteiger partial charge in [0.15, 0.2) is 5.82 Å². The zero-order chi connectivity index (χ0) is 14.9. The van der Waals surface area contributed by atoms with Gasteiger partial charge in [0.25, 0.3) is 0 Å². The van der Waals surface area contributed by atoms with Crippen molar-refractivity contribution in [3.05, 3.63) is 64.9 Å². The quantitative estimate of drug-likeness (QED) is 0.886. The summed E-state index contributed by atoms with van der Waals surface area (Å²) < 4.78 is 13.9. The largest absolute Gasteiger partial charge is 0.323 e. The molecule has 0 atom stereocenters. The van der Waals surface area contributed by atoms with Crippen LogP contribution in [0.1, 0.15) is 24.8 Å². The van der Waals surface area contributed by atoms with E-state index in [1.807, 2.05) is 30.3 Å². The number of carbonyl (C=O) groups excluding carboxylic acids is 1. The first-order valence-corrected chi connectivity index (χ1v) is 7.32. The first-order chi connectivity index (χ1) is 10.1. The van der Waals surface area contributed by atoms with E-state index in [0.717, 1.165) is 24.8 Å². The highest BCUT2D eigenvalue weighted by Crippen LogP contribution is 2.44. The molecular formula is C17H15ClFNO. The maximum Gasteiger partial charge on any atom is 0.235 e. The fourth-order valence-corrected chi connectivity index (χ4v) is 2.95. The predicted octanol–water partition coefficient (Wildman–Crippen LogP) is 4.54. The second kappa shape index (κ2) is 5.49. The molecule has 2 aromatic carbocycles. The van der Waals surface area contributed by atoms with Crippen LogP contribution in [0.4, 0.5) is 10.1 Å². The lowest BCUT2D eigenvalue weighted by atomic mass is 9.64. The highest BCUT2D eigenvalue weighted by molar-refractivity contribution is 6.31. The van der Waals surface area contributed by atoms with E-state index in [-0.39, 0.29) is 16.6 Å². The van der Waals surface area contributed by atoms with Crippen LogP contribution in [-0.4, -0.2) is 5.91 Å². The molecule has 1 saturated carbocycles. The van der Waals surface area contributed by atoms with Crippen molar-refractivity contribution in [2.24, 2.45) is 0 Å². The minimum atomic E-state index is -0.588. The molecule has 1 N–H and O–H groups in total. The molecule has 108 valence electrons. The van der Waals surface area contributed by atoms with Gasteiger partial charge in [0.1, 0.15) is 0 Å². The van der Waals surface area contributed by atoms with Crippen LogP contribution >= 0.6 is 11.6 Å². The summed E-state index contributed by atoms with van der Waals surface area (Å²) in [7, 11) is 0. The van der Waals surface area contributed by atoms with Gasteiger partial charge in [0.05, 0.1) is 16.1 Å². The molecular weight excluding hydrogens is 289 g/mol. The average molecular weight is 304 g/mol. The molecule has 21 heavy (non-hydrogen) atoms. The third-order valence-corrected chi connectivity index (χ3v) is 4.46. The van der Waals surface area contributed by atoms with Gasteiger partial charge in [-0.25, -0.2) is 4.39 Å². The Bertz CT molecular complexity index is 668. The van der Waals surface area contributed by atoms with Gasteiger partial charge in [-0.1, -0.05) is 54.4 Å². The molecule has 0 unspecified atom stereocenters. The van der Waals surface area contributed by atoms with Crippen molar-refractivity contribution in [1.29, 1.82) is 0 Å². The molecule has 0 bridgehead atoms. The summed E-state index contributed by atoms with van der Waals surface area (Å²) in [6.07, 6.45) is 2.57. The number of hydrogen-bond donors (Lipinski definition) is 1. The lowest BCUT2D eigenvalue weighted by molar-refractivity contribution is -0.124. The Morgan fingerprint density at radius 3 is 2.43 bits per heavy atom. The molecule has 1 fully saturated rings. The van der Waals surface area contributed by atoms with Crippen molar-refractivity contribution < 1.29 is 9.18 Å². The summed E-state index contributed by atoms with van der Waals surface area (Å²) in [5.74, 6) is -0.754. The molecule has 0 aromatic heterocycles. The fourth-order valence-electron chi connectivity index (χ4n) is 2.78. The van der Waals surface area contributed by atoms with Gasteiger partial charge in [-0.05, 0) is 30.5 Å². The van der Waals surface area contributed by atoms with E-state index < -0.39 is 11.2 Å². The third kappa shape index (κ3) is 2.42. The summed E-state index contributed by atoms with van der Waals surface area (Å²) in [5.41, 5.74) is 0.571. The van der Waals surface area contributed by atoms with Crippen LogP contribution in [0.3, 0.4) is 0 Å². The molecule has 0 heterocycles. The number of rotatable bonds is 3. The first kappa shape index (κ1) is 14.1. The van der Waals surface area contributed by atoms with Crippen molar-refractivity contribution in [3.63, 3.8) is 0 Å². The summed E-state index contributed by atoms with van der Waals surface area (Å²) >= 11 is 5.75. The normalized spacial score (nSPS) is 16.1. The number of hydrogen-bond acceptors (Lipinski definition) is 1. The molecule has 3 rings (SSSR count). The van der Waals surface area contributed by atoms with Crippen LogP contribution in [0.25, 0.3) is 0 Å². The SMILES string of the molecule is O=C(Nc1cccc(Cl)c1F)C1(c2ccccc2)CCC1. The van der Waals surface area contributed by atoms with E-state index in [0.29, 0.717) is 0 Å². The minimum absolute atomic E-state index is 0.00942. The molecule has 2 aromatic rings. The fraction of sp³-hybridized carbons (Fsp3) is 0.235. The maximum absolute atomic E-state index is 13.9. The van der Waals surface area contributed by atoms with E-state index in [1.165, 1.54) is 12.1 Å². The van der Waals surface area contributed by atoms with Crippen molar-refractivity contribution in [3.8, 4) is 0 Å². The number of anilines is 1. The van der Waals surface area contributed by atoms with E-state index in [2.05, 4.69) is 5.32 Å². The molecule has 4 heteroatoms. The van der Waals surface area contributed by atoms with Crippen LogP contribution in [0.15, 0.2) is 48.5 Å². The van der Waals surface area contributed by atoms with Crippen LogP contribution < -0.4 is 5.32 Å². The van der Waals surface area contributed by atoms with Gasteiger partial charge in [-0.15, -0.1) is 0 Å². The highest BCUT2D eigenvalue weighted by atomic mass is 35.5. The van der Waals surface area contributed by atoms with Crippen molar-refractivity contribution >= 4 is 23.2 Å². The van der Waals surface area contributed by atoms with Crippen molar-refractivity contribution in [2.75, 3.05) is 5.32 Å². The van der Waals surface area contributed by atoms with Gasteiger partial charge >= 0.3 is 0 Å². The van der Waals surface area contributed by atoms with Crippen LogP contribution in [0.5, 0.6) is 0 Å². The lowest BCUT2D eigenvalue weighted by Gasteiger charge is -2.40. The van der Waals surface area contributed by atoms with Gasteiger partial charge in [-0.3, -0.25) is 4.79 Å². The van der Waals surface area contributed by atoms with E-state index >= 15 is 0 Å². The smallest absolute Gasteiger partial charge is 0.235 e. The molecule has 0 spiro atoms. The zero-order valence-electron chi connectivity index (χ0n) is 11.4. The molecule has 1 amide bonds. The molecule has 0 radical (unpaired) electrons. The van der Waals surface area contributed by atoms with Crippen LogP contribution in [0.2, 0.25) is 5.02 Å². The minimum Gasteiger partial charge on any atom is -0.323 e. The Hall–Kier alpha value is -1.87. The number of carbonyl (C=O) groups is 1. The van der Waals surface area contributed by atoms with Gasteiger partial charge < -0.3 is 5.32 Å². The Kier molecular flexibility index (Phi) is 3.68. The Morgan fingerprint density at radius 2 is 1.81 bits per heavy atom. The number of nitrogens with one attached hydrogen (secondary N) is 1. The Labute approximate surface area is 127 Å². The predicted molar refractivity (Wildman–Crippen MR) is 82.0 cm³/mol. The number of benzene rings is 2. The second-order valence-corrected chi connectivity index (χ2v) is 5.76. The summed E-state index contributed by atoms with van der Waals surface area (Å²) in [6.45, 7) is 0. The first-order valence-electron chi connectivity index (χ1n) is 6.94. The highest BCUT2D eigenvalue weighted by Gasteiger charge is 2.45. The van der Waals surface area contributed by atoms with E-state index in [9.17, 15) is 9.18 Å². The standard InChI is InChI=1S/C17H15ClFNO/c18-13-8-4-9-14(15(13)19)20-16(21)17(10-5-11-17)12-6-2-1-3-7-12/h1-4,6-9H,5,10-11H2,(H,20,21). The van der Waals surface area contributed by atoms with E-state index in [1.54, 1.807) is 6.07 Å². The maximum atomic E-state index is 13.9. The number of amides is 1. The molecule has 1 aliphatic rings. The molecule has 2 nitrogen and oxygen atoms in total. The van der Waals surface area contributed by atoms with Crippen molar-refractivity contribution in [1.82, 2.24) is 0 Å². The van der Waals surface area contributed by atoms with Crippen LogP contribution in [0, 0.1) is 5.82 Å². The third-order valence-electron chi connectivity index (χ3n) is 4.17. The topological polar surface area (TPSA) is 29.1 Å². The van der Waals surface area contributed by atoms with Crippen molar-refractivity contribution in [2.45, 2.75) is 24.7 Å². The summed E-state index contributed by atoms with van der Waals surface area (Å²) in [5, 5.41) is 2.70. The van der Waals surface area contributed by atoms with E-state index in [4.69, 9.17) is 11.6 Å². The molecule has 0 saturated heterocycles. The van der Waals surface area contributed by atoms with Gasteiger partial charge in [0.2, 0.25) is 5.91 Å². The Morgan fingerprint density at radius 1 is 1.10 bits per heavy atom.